The van der Waals surface area contributed by atoms with E-state index in [1.807, 2.05) is 0 Å². The number of hydrogen-bond acceptors (Lipinski definition) is 7. The molecule has 0 bridgehead atoms. The number of carbonyl (C=O) groups is 3. The third-order valence-electron chi connectivity index (χ3n) is 3.49. The fraction of sp³-hybridized carbons (Fsp3) is 0.400. The number of amides is 1. The molecule has 0 aromatic rings. The Balaban J connectivity index is 2.51. The maximum Gasteiger partial charge on any atom is 0.331 e. The van der Waals surface area contributed by atoms with Crippen LogP contribution in [-0.4, -0.2) is 42.1 Å². The van der Waals surface area contributed by atoms with Gasteiger partial charge in [0, 0.05) is 6.08 Å². The number of β-lactam (4-membered cyclic amide) rings is 1. The number of carboxylic acid groups (broad SMARTS) is 1. The highest BCUT2D eigenvalue weighted by Gasteiger charge is 2.56. The molecular formula is C15H16NO7S-. The van der Waals surface area contributed by atoms with Gasteiger partial charge in [0.05, 0.1) is 22.1 Å². The Hall–Kier alpha value is -2.42. The number of aliphatic carboxylic acids is 1. The molecule has 0 aromatic carbocycles. The normalized spacial score (nSPS) is 24.6. The predicted molar refractivity (Wildman–Crippen MR) is 80.3 cm³/mol. The zero-order valence-electron chi connectivity index (χ0n) is 13.6. The minimum absolute atomic E-state index is 0.170. The summed E-state index contributed by atoms with van der Waals surface area (Å²) in [6, 6.07) is 0. The van der Waals surface area contributed by atoms with Crippen LogP contribution in [0, 0.1) is 0 Å². The largest absolute Gasteiger partial charge is 0.543 e. The van der Waals surface area contributed by atoms with Crippen LogP contribution in [0.15, 0.2) is 34.4 Å². The van der Waals surface area contributed by atoms with Gasteiger partial charge in [0.15, 0.2) is 5.37 Å². The molecule has 1 atom stereocenters. The summed E-state index contributed by atoms with van der Waals surface area (Å²) in [4.78, 5) is 35.4. The van der Waals surface area contributed by atoms with E-state index in [1.165, 1.54) is 6.92 Å². The molecule has 0 spiro atoms. The summed E-state index contributed by atoms with van der Waals surface area (Å²) in [5.74, 6) is -3.49. The van der Waals surface area contributed by atoms with Gasteiger partial charge in [0.25, 0.3) is 5.91 Å². The summed E-state index contributed by atoms with van der Waals surface area (Å²) in [6.45, 7) is 9.43. The second-order valence-corrected chi connectivity index (χ2v) is 8.42. The van der Waals surface area contributed by atoms with Crippen molar-refractivity contribution in [1.82, 2.24) is 4.90 Å². The molecule has 0 saturated carbocycles. The van der Waals surface area contributed by atoms with Crippen molar-refractivity contribution in [2.24, 2.45) is 0 Å². The van der Waals surface area contributed by atoms with Crippen LogP contribution in [0.25, 0.3) is 0 Å². The van der Waals surface area contributed by atoms with Crippen LogP contribution in [0.3, 0.4) is 0 Å². The van der Waals surface area contributed by atoms with E-state index in [4.69, 9.17) is 4.74 Å². The van der Waals surface area contributed by atoms with Crippen molar-refractivity contribution in [2.75, 3.05) is 0 Å². The second kappa shape index (κ2) is 5.30. The van der Waals surface area contributed by atoms with Crippen LogP contribution < -0.4 is 5.11 Å². The zero-order chi connectivity index (χ0) is 18.6. The number of esters is 1. The van der Waals surface area contributed by atoms with Crippen molar-refractivity contribution in [3.05, 3.63) is 34.4 Å². The first-order chi connectivity index (χ1) is 10.8. The molecule has 0 N–H and O–H groups in total. The minimum Gasteiger partial charge on any atom is -0.543 e. The summed E-state index contributed by atoms with van der Waals surface area (Å²) in [7, 11) is -4.10. The third-order valence-corrected chi connectivity index (χ3v) is 5.54. The lowest BCUT2D eigenvalue weighted by molar-refractivity contribution is -0.301. The monoisotopic (exact) mass is 354 g/mol. The molecule has 1 saturated heterocycles. The summed E-state index contributed by atoms with van der Waals surface area (Å²) < 4.78 is 29.9. The molecule has 130 valence electrons. The Morgan fingerprint density at radius 1 is 1.33 bits per heavy atom. The molecule has 0 aromatic heterocycles. The fourth-order valence-electron chi connectivity index (χ4n) is 2.45. The molecule has 2 heterocycles. The SMILES string of the molecule is C=C1C(C)=C(C(=O)[O-])N2C(=O)/C(=C/C(=O)OC(C)(C)C)[C@H]2S1(=O)=O. The van der Waals surface area contributed by atoms with Crippen LogP contribution in [0.1, 0.15) is 27.7 Å². The van der Waals surface area contributed by atoms with Crippen molar-refractivity contribution < 1.29 is 32.6 Å². The van der Waals surface area contributed by atoms with Gasteiger partial charge in [-0.25, -0.2) is 13.2 Å². The van der Waals surface area contributed by atoms with E-state index < -0.39 is 49.3 Å². The molecule has 9 heteroatoms. The number of nitrogens with zero attached hydrogens (tertiary/aromatic N) is 1. The molecule has 1 fully saturated rings. The number of rotatable bonds is 2. The highest BCUT2D eigenvalue weighted by Crippen LogP contribution is 2.43. The molecule has 0 unspecified atom stereocenters. The van der Waals surface area contributed by atoms with Gasteiger partial charge >= 0.3 is 5.97 Å². The van der Waals surface area contributed by atoms with E-state index in [0.29, 0.717) is 4.90 Å². The Bertz CT molecular complexity index is 840. The van der Waals surface area contributed by atoms with Crippen LogP contribution in [0.5, 0.6) is 0 Å². The minimum atomic E-state index is -4.10. The quantitative estimate of drug-likeness (QED) is 0.368. The predicted octanol–water partition coefficient (Wildman–Crippen LogP) is -0.611. The number of allylic oxidation sites excluding steroid dienone is 1. The molecule has 0 radical (unpaired) electrons. The van der Waals surface area contributed by atoms with Crippen LogP contribution in [0.2, 0.25) is 0 Å². The van der Waals surface area contributed by atoms with Gasteiger partial charge in [-0.3, -0.25) is 9.69 Å². The van der Waals surface area contributed by atoms with E-state index in [1.54, 1.807) is 20.8 Å². The van der Waals surface area contributed by atoms with E-state index in [-0.39, 0.29) is 11.1 Å². The van der Waals surface area contributed by atoms with E-state index in [2.05, 4.69) is 6.58 Å². The van der Waals surface area contributed by atoms with Gasteiger partial charge < -0.3 is 14.6 Å². The molecule has 24 heavy (non-hydrogen) atoms. The first-order valence-corrected chi connectivity index (χ1v) is 8.47. The molecule has 2 aliphatic rings. The van der Waals surface area contributed by atoms with Crippen LogP contribution >= 0.6 is 0 Å². The summed E-state index contributed by atoms with van der Waals surface area (Å²) in [6.07, 6.45) is 0.771. The maximum absolute atomic E-state index is 12.4. The molecular weight excluding hydrogens is 338 g/mol. The van der Waals surface area contributed by atoms with Gasteiger partial charge in [0.1, 0.15) is 5.60 Å². The summed E-state index contributed by atoms with van der Waals surface area (Å²) >= 11 is 0. The van der Waals surface area contributed by atoms with Crippen molar-refractivity contribution in [1.29, 1.82) is 0 Å². The number of carbonyl (C=O) groups excluding carboxylic acids is 3. The average Bonchev–Trinajstić information content (AvgIpc) is 2.40. The highest BCUT2D eigenvalue weighted by atomic mass is 32.2. The highest BCUT2D eigenvalue weighted by molar-refractivity contribution is 7.96. The number of ether oxygens (including phenoxy) is 1. The van der Waals surface area contributed by atoms with Crippen LogP contribution in [-0.2, 0) is 29.0 Å². The number of carboxylic acids is 1. The second-order valence-electron chi connectivity index (χ2n) is 6.39. The summed E-state index contributed by atoms with van der Waals surface area (Å²) in [5, 5.41) is 9.65. The van der Waals surface area contributed by atoms with E-state index in [9.17, 15) is 27.9 Å². The molecule has 2 rings (SSSR count). The molecule has 1 amide bonds. The molecule has 8 nitrogen and oxygen atoms in total. The lowest BCUT2D eigenvalue weighted by Crippen LogP contribution is -2.62. The lowest BCUT2D eigenvalue weighted by Gasteiger charge is -2.47. The first-order valence-electron chi connectivity index (χ1n) is 6.92. The third kappa shape index (κ3) is 2.64. The number of hydrogen-bond donors (Lipinski definition) is 0. The Morgan fingerprint density at radius 3 is 2.33 bits per heavy atom. The van der Waals surface area contributed by atoms with E-state index >= 15 is 0 Å². The van der Waals surface area contributed by atoms with Crippen molar-refractivity contribution in [3.8, 4) is 0 Å². The van der Waals surface area contributed by atoms with Crippen molar-refractivity contribution >= 4 is 27.7 Å². The van der Waals surface area contributed by atoms with Crippen molar-refractivity contribution in [3.63, 3.8) is 0 Å². The first kappa shape index (κ1) is 17.9. The van der Waals surface area contributed by atoms with E-state index in [0.717, 1.165) is 6.08 Å². The van der Waals surface area contributed by atoms with Crippen molar-refractivity contribution in [2.45, 2.75) is 38.7 Å². The number of sulfone groups is 1. The maximum atomic E-state index is 12.4. The Labute approximate surface area is 139 Å². The van der Waals surface area contributed by atoms with Gasteiger partial charge in [-0.05, 0) is 33.3 Å². The smallest absolute Gasteiger partial charge is 0.331 e. The topological polar surface area (TPSA) is 121 Å². The zero-order valence-corrected chi connectivity index (χ0v) is 14.4. The molecule has 0 aliphatic carbocycles. The number of fused-ring (bicyclic) bond motifs is 1. The summed E-state index contributed by atoms with van der Waals surface area (Å²) in [5.41, 5.74) is -1.93. The standard InChI is InChI=1S/C15H17NO7S/c1-7-8(2)24(21,22)13-9(6-10(17)23-15(3,4)5)12(18)16(13)11(7)14(19)20/h6,13H,2H2,1,3-5H3,(H,19,20)/p-1/b9-6-/t13-/m1/s1. The van der Waals surface area contributed by atoms with Gasteiger partial charge in [-0.15, -0.1) is 0 Å². The van der Waals surface area contributed by atoms with Gasteiger partial charge in [-0.1, -0.05) is 6.58 Å². The Kier molecular flexibility index (Phi) is 3.96. The van der Waals surface area contributed by atoms with Gasteiger partial charge in [0.2, 0.25) is 9.84 Å². The van der Waals surface area contributed by atoms with Gasteiger partial charge in [-0.2, -0.15) is 0 Å². The fourth-order valence-corrected chi connectivity index (χ4v) is 4.23. The van der Waals surface area contributed by atoms with Crippen LogP contribution in [0.4, 0.5) is 0 Å². The lowest BCUT2D eigenvalue weighted by atomic mass is 10.0. The Morgan fingerprint density at radius 2 is 1.88 bits per heavy atom. The average molecular weight is 354 g/mol. The molecule has 2 aliphatic heterocycles.